The Kier molecular flexibility index (Phi) is 4.93. The average Bonchev–Trinajstić information content (AvgIpc) is 2.45. The summed E-state index contributed by atoms with van der Waals surface area (Å²) in [6.07, 6.45) is 9.91. The molecule has 1 aromatic rings. The van der Waals surface area contributed by atoms with E-state index in [9.17, 15) is 4.79 Å². The van der Waals surface area contributed by atoms with Crippen molar-refractivity contribution in [2.45, 2.75) is 18.9 Å². The summed E-state index contributed by atoms with van der Waals surface area (Å²) in [5, 5.41) is 3.38. The zero-order valence-electron chi connectivity index (χ0n) is 11.0. The van der Waals surface area contributed by atoms with Gasteiger partial charge in [-0.25, -0.2) is 0 Å². The predicted molar refractivity (Wildman–Crippen MR) is 78.3 cm³/mol. The van der Waals surface area contributed by atoms with Crippen LogP contribution in [0.2, 0.25) is 0 Å². The summed E-state index contributed by atoms with van der Waals surface area (Å²) in [4.78, 5) is 11.3. The number of nitrogens with two attached hydrogens (primary N) is 1. The lowest BCUT2D eigenvalue weighted by atomic mass is 9.88. The van der Waals surface area contributed by atoms with Crippen LogP contribution in [0.25, 0.3) is 6.08 Å². The molecular formula is C16H20N2O. The fraction of sp³-hybridized carbons (Fsp3) is 0.312. The van der Waals surface area contributed by atoms with E-state index >= 15 is 0 Å². The summed E-state index contributed by atoms with van der Waals surface area (Å²) in [7, 11) is 0. The van der Waals surface area contributed by atoms with E-state index in [1.165, 1.54) is 5.56 Å². The van der Waals surface area contributed by atoms with Crippen LogP contribution in [0.15, 0.2) is 48.6 Å². The van der Waals surface area contributed by atoms with Crippen molar-refractivity contribution in [1.82, 2.24) is 5.32 Å². The van der Waals surface area contributed by atoms with Crippen LogP contribution in [-0.2, 0) is 4.79 Å². The van der Waals surface area contributed by atoms with Crippen molar-refractivity contribution in [3.63, 3.8) is 0 Å². The van der Waals surface area contributed by atoms with Crippen LogP contribution in [-0.4, -0.2) is 18.5 Å². The number of hydrogen-bond donors (Lipinski definition) is 2. The standard InChI is InChI=1S/C16H20N2O/c17-16(19)14-10-4-5-11-15(14)18-12-6-9-13-7-2-1-3-8-13/h1-9,14-15,18H,10-12H2,(H2,17,19)/t14-,15-/m1/s1. The maximum absolute atomic E-state index is 11.3. The van der Waals surface area contributed by atoms with Crippen molar-refractivity contribution in [3.8, 4) is 0 Å². The molecule has 0 radical (unpaired) electrons. The summed E-state index contributed by atoms with van der Waals surface area (Å²) in [6, 6.07) is 10.3. The van der Waals surface area contributed by atoms with Crippen molar-refractivity contribution in [2.75, 3.05) is 6.54 Å². The van der Waals surface area contributed by atoms with Gasteiger partial charge in [0.15, 0.2) is 0 Å². The first-order valence-electron chi connectivity index (χ1n) is 6.66. The van der Waals surface area contributed by atoms with E-state index in [1.54, 1.807) is 0 Å². The molecule has 3 nitrogen and oxygen atoms in total. The summed E-state index contributed by atoms with van der Waals surface area (Å²) in [6.45, 7) is 0.747. The number of primary amides is 1. The van der Waals surface area contributed by atoms with Crippen molar-refractivity contribution in [3.05, 3.63) is 54.1 Å². The zero-order valence-corrected chi connectivity index (χ0v) is 11.0. The summed E-state index contributed by atoms with van der Waals surface area (Å²) >= 11 is 0. The zero-order chi connectivity index (χ0) is 13.5. The van der Waals surface area contributed by atoms with Crippen LogP contribution in [0.1, 0.15) is 18.4 Å². The summed E-state index contributed by atoms with van der Waals surface area (Å²) in [5.41, 5.74) is 6.60. The maximum atomic E-state index is 11.3. The molecule has 0 aromatic heterocycles. The second-order valence-electron chi connectivity index (χ2n) is 4.78. The molecule has 1 aliphatic rings. The van der Waals surface area contributed by atoms with Gasteiger partial charge in [0.25, 0.3) is 0 Å². The first-order valence-corrected chi connectivity index (χ1v) is 6.66. The molecule has 100 valence electrons. The third kappa shape index (κ3) is 4.07. The second-order valence-corrected chi connectivity index (χ2v) is 4.78. The van der Waals surface area contributed by atoms with Crippen LogP contribution >= 0.6 is 0 Å². The largest absolute Gasteiger partial charge is 0.369 e. The highest BCUT2D eigenvalue weighted by atomic mass is 16.1. The van der Waals surface area contributed by atoms with Gasteiger partial charge in [0.05, 0.1) is 5.92 Å². The van der Waals surface area contributed by atoms with E-state index in [0.717, 1.165) is 19.4 Å². The van der Waals surface area contributed by atoms with Crippen molar-refractivity contribution in [1.29, 1.82) is 0 Å². The Morgan fingerprint density at radius 1 is 1.26 bits per heavy atom. The number of nitrogens with one attached hydrogen (secondary N) is 1. The minimum Gasteiger partial charge on any atom is -0.369 e. The highest BCUT2D eigenvalue weighted by Crippen LogP contribution is 2.18. The summed E-state index contributed by atoms with van der Waals surface area (Å²) < 4.78 is 0. The number of allylic oxidation sites excluding steroid dienone is 1. The fourth-order valence-electron chi connectivity index (χ4n) is 2.33. The predicted octanol–water partition coefficient (Wildman–Crippen LogP) is 2.11. The van der Waals surface area contributed by atoms with E-state index in [1.807, 2.05) is 24.3 Å². The molecule has 0 fully saturated rings. The van der Waals surface area contributed by atoms with E-state index in [0.29, 0.717) is 0 Å². The van der Waals surface area contributed by atoms with Gasteiger partial charge in [0.2, 0.25) is 5.91 Å². The van der Waals surface area contributed by atoms with Gasteiger partial charge in [-0.3, -0.25) is 4.79 Å². The Bertz CT molecular complexity index is 465. The molecule has 0 heterocycles. The van der Waals surface area contributed by atoms with Crippen LogP contribution in [0, 0.1) is 5.92 Å². The number of carbonyl (C=O) groups excluding carboxylic acids is 1. The van der Waals surface area contributed by atoms with E-state index in [2.05, 4.69) is 35.7 Å². The molecule has 0 spiro atoms. The molecule has 19 heavy (non-hydrogen) atoms. The smallest absolute Gasteiger partial charge is 0.222 e. The Morgan fingerprint density at radius 2 is 2.00 bits per heavy atom. The molecule has 0 saturated carbocycles. The van der Waals surface area contributed by atoms with Gasteiger partial charge in [-0.2, -0.15) is 0 Å². The molecule has 1 amide bonds. The molecule has 2 rings (SSSR count). The van der Waals surface area contributed by atoms with Gasteiger partial charge < -0.3 is 11.1 Å². The van der Waals surface area contributed by atoms with Crippen LogP contribution in [0.3, 0.4) is 0 Å². The van der Waals surface area contributed by atoms with Crippen molar-refractivity contribution < 1.29 is 4.79 Å². The molecule has 0 saturated heterocycles. The second kappa shape index (κ2) is 6.90. The summed E-state index contributed by atoms with van der Waals surface area (Å²) in [5.74, 6) is -0.302. The van der Waals surface area contributed by atoms with Gasteiger partial charge in [-0.1, -0.05) is 54.6 Å². The Hall–Kier alpha value is -1.87. The highest BCUT2D eigenvalue weighted by molar-refractivity contribution is 5.77. The van der Waals surface area contributed by atoms with Gasteiger partial charge in [-0.15, -0.1) is 0 Å². The number of benzene rings is 1. The highest BCUT2D eigenvalue weighted by Gasteiger charge is 2.25. The number of hydrogen-bond acceptors (Lipinski definition) is 2. The van der Waals surface area contributed by atoms with Gasteiger partial charge >= 0.3 is 0 Å². The van der Waals surface area contributed by atoms with E-state index in [4.69, 9.17) is 5.73 Å². The third-order valence-electron chi connectivity index (χ3n) is 3.41. The maximum Gasteiger partial charge on any atom is 0.222 e. The van der Waals surface area contributed by atoms with E-state index in [-0.39, 0.29) is 17.9 Å². The molecule has 3 N–H and O–H groups in total. The SMILES string of the molecule is NC(=O)[C@@H]1CC=CC[C@H]1NCC=Cc1ccccc1. The molecule has 1 aliphatic carbocycles. The monoisotopic (exact) mass is 256 g/mol. The first-order chi connectivity index (χ1) is 9.27. The number of carbonyl (C=O) groups is 1. The number of rotatable bonds is 5. The molecule has 2 atom stereocenters. The lowest BCUT2D eigenvalue weighted by Gasteiger charge is -2.26. The van der Waals surface area contributed by atoms with Crippen LogP contribution in [0.4, 0.5) is 0 Å². The quantitative estimate of drug-likeness (QED) is 0.793. The van der Waals surface area contributed by atoms with Gasteiger partial charge in [0, 0.05) is 12.6 Å². The Labute approximate surface area is 114 Å². The fourth-order valence-corrected chi connectivity index (χ4v) is 2.33. The number of amides is 1. The Morgan fingerprint density at radius 3 is 2.74 bits per heavy atom. The molecule has 0 bridgehead atoms. The molecule has 0 unspecified atom stereocenters. The molecule has 3 heteroatoms. The molecule has 0 aliphatic heterocycles. The third-order valence-corrected chi connectivity index (χ3v) is 3.41. The topological polar surface area (TPSA) is 55.1 Å². The average molecular weight is 256 g/mol. The lowest BCUT2D eigenvalue weighted by molar-refractivity contribution is -0.122. The molecule has 1 aromatic carbocycles. The van der Waals surface area contributed by atoms with E-state index < -0.39 is 0 Å². The van der Waals surface area contributed by atoms with Crippen molar-refractivity contribution in [2.24, 2.45) is 11.7 Å². The van der Waals surface area contributed by atoms with Crippen molar-refractivity contribution >= 4 is 12.0 Å². The van der Waals surface area contributed by atoms with Crippen LogP contribution in [0.5, 0.6) is 0 Å². The normalized spacial score (nSPS) is 22.7. The van der Waals surface area contributed by atoms with Crippen LogP contribution < -0.4 is 11.1 Å². The lowest BCUT2D eigenvalue weighted by Crippen LogP contribution is -2.43. The van der Waals surface area contributed by atoms with Gasteiger partial charge in [-0.05, 0) is 18.4 Å². The Balaban J connectivity index is 1.83. The first kappa shape index (κ1) is 13.6. The van der Waals surface area contributed by atoms with Gasteiger partial charge in [0.1, 0.15) is 0 Å². The minimum absolute atomic E-state index is 0.0878. The molecular weight excluding hydrogens is 236 g/mol. The minimum atomic E-state index is -0.214.